The van der Waals surface area contributed by atoms with E-state index in [1.165, 1.54) is 6.92 Å². The molecule has 1 atom stereocenters. The van der Waals surface area contributed by atoms with Crippen molar-refractivity contribution in [1.29, 1.82) is 0 Å². The van der Waals surface area contributed by atoms with E-state index >= 15 is 0 Å². The molecule has 2 aromatic heterocycles. The molecule has 0 aliphatic rings. The summed E-state index contributed by atoms with van der Waals surface area (Å²) in [6.45, 7) is 9.37. The van der Waals surface area contributed by atoms with Gasteiger partial charge in [0.1, 0.15) is 0 Å². The molecule has 1 N–H and O–H groups in total. The molecule has 7 nitrogen and oxygen atoms in total. The summed E-state index contributed by atoms with van der Waals surface area (Å²) < 4.78 is 7.18. The molecular formula is C22H24N4O3. The van der Waals surface area contributed by atoms with Gasteiger partial charge in [-0.15, -0.1) is 6.58 Å². The zero-order valence-corrected chi connectivity index (χ0v) is 16.8. The summed E-state index contributed by atoms with van der Waals surface area (Å²) in [5.74, 6) is -0.983. The molecular weight excluding hydrogens is 368 g/mol. The second-order valence-electron chi connectivity index (χ2n) is 6.92. The molecule has 0 saturated carbocycles. The number of carbonyl (C=O) groups is 2. The number of nitrogens with zero attached hydrogens (tertiary/aromatic N) is 3. The summed E-state index contributed by atoms with van der Waals surface area (Å²) in [6, 6.07) is 11.3. The summed E-state index contributed by atoms with van der Waals surface area (Å²) in [6.07, 6.45) is 2.23. The summed E-state index contributed by atoms with van der Waals surface area (Å²) in [5, 5.41) is 7.59. The van der Waals surface area contributed by atoms with Crippen LogP contribution in [0.15, 0.2) is 55.3 Å². The molecule has 0 aliphatic carbocycles. The van der Waals surface area contributed by atoms with Gasteiger partial charge in [0.25, 0.3) is 5.91 Å². The third-order valence-corrected chi connectivity index (χ3v) is 4.42. The molecule has 7 heteroatoms. The van der Waals surface area contributed by atoms with Crippen LogP contribution in [0.4, 0.5) is 0 Å². The number of nitrogens with one attached hydrogen (secondary N) is 1. The van der Waals surface area contributed by atoms with Crippen LogP contribution in [0.3, 0.4) is 0 Å². The topological polar surface area (TPSA) is 86.1 Å². The number of hydrogen-bond donors (Lipinski definition) is 1. The predicted molar refractivity (Wildman–Crippen MR) is 111 cm³/mol. The number of fused-ring (bicyclic) bond motifs is 1. The van der Waals surface area contributed by atoms with E-state index in [0.29, 0.717) is 28.8 Å². The van der Waals surface area contributed by atoms with Crippen molar-refractivity contribution in [1.82, 2.24) is 20.1 Å². The average molecular weight is 392 g/mol. The van der Waals surface area contributed by atoms with Crippen LogP contribution in [0, 0.1) is 0 Å². The van der Waals surface area contributed by atoms with Gasteiger partial charge in [-0.25, -0.2) is 14.5 Å². The van der Waals surface area contributed by atoms with Crippen LogP contribution >= 0.6 is 0 Å². The van der Waals surface area contributed by atoms with Gasteiger partial charge in [0.05, 0.1) is 22.8 Å². The third kappa shape index (κ3) is 4.34. The van der Waals surface area contributed by atoms with Gasteiger partial charge in [0.15, 0.2) is 11.8 Å². The summed E-state index contributed by atoms with van der Waals surface area (Å²) >= 11 is 0. The SMILES string of the molecule is C=CCNC(=O)[C@H](C)OC(=O)c1cc(-c2ccccc2)nc2c1cnn2C(C)C. The molecule has 150 valence electrons. The lowest BCUT2D eigenvalue weighted by atomic mass is 10.1. The molecule has 3 aromatic rings. The molecule has 0 unspecified atom stereocenters. The largest absolute Gasteiger partial charge is 0.449 e. The maximum atomic E-state index is 12.9. The fourth-order valence-corrected chi connectivity index (χ4v) is 2.92. The van der Waals surface area contributed by atoms with E-state index in [1.807, 2.05) is 44.2 Å². The maximum absolute atomic E-state index is 12.9. The Morgan fingerprint density at radius 3 is 2.62 bits per heavy atom. The Kier molecular flexibility index (Phi) is 6.07. The normalized spacial score (nSPS) is 12.0. The molecule has 0 radical (unpaired) electrons. The highest BCUT2D eigenvalue weighted by molar-refractivity contribution is 6.04. The van der Waals surface area contributed by atoms with E-state index < -0.39 is 12.1 Å². The van der Waals surface area contributed by atoms with Crippen molar-refractivity contribution in [3.8, 4) is 11.3 Å². The minimum Gasteiger partial charge on any atom is -0.449 e. The van der Waals surface area contributed by atoms with Gasteiger partial charge in [0, 0.05) is 18.2 Å². The van der Waals surface area contributed by atoms with Crippen LogP contribution < -0.4 is 5.32 Å². The number of carbonyl (C=O) groups excluding carboxylic acids is 2. The smallest absolute Gasteiger partial charge is 0.339 e. The van der Waals surface area contributed by atoms with Crippen LogP contribution in [0.5, 0.6) is 0 Å². The number of amides is 1. The van der Waals surface area contributed by atoms with Gasteiger partial charge < -0.3 is 10.1 Å². The highest BCUT2D eigenvalue weighted by Gasteiger charge is 2.23. The fraction of sp³-hybridized carbons (Fsp3) is 0.273. The monoisotopic (exact) mass is 392 g/mol. The molecule has 0 spiro atoms. The van der Waals surface area contributed by atoms with Crippen molar-refractivity contribution < 1.29 is 14.3 Å². The van der Waals surface area contributed by atoms with Gasteiger partial charge >= 0.3 is 5.97 Å². The van der Waals surface area contributed by atoms with Crippen LogP contribution in [0.1, 0.15) is 37.2 Å². The van der Waals surface area contributed by atoms with Gasteiger partial charge in [0.2, 0.25) is 0 Å². The van der Waals surface area contributed by atoms with Crippen LogP contribution in [0.25, 0.3) is 22.3 Å². The molecule has 0 aliphatic heterocycles. The Hall–Kier alpha value is -3.48. The molecule has 0 bridgehead atoms. The number of aromatic nitrogens is 3. The van der Waals surface area contributed by atoms with Crippen LogP contribution in [-0.4, -0.2) is 39.3 Å². The Morgan fingerprint density at radius 2 is 1.97 bits per heavy atom. The second kappa shape index (κ2) is 8.68. The van der Waals surface area contributed by atoms with Crippen LogP contribution in [0.2, 0.25) is 0 Å². The quantitative estimate of drug-likeness (QED) is 0.491. The second-order valence-corrected chi connectivity index (χ2v) is 6.92. The maximum Gasteiger partial charge on any atom is 0.339 e. The van der Waals surface area contributed by atoms with Crippen molar-refractivity contribution >= 4 is 22.9 Å². The van der Waals surface area contributed by atoms with E-state index in [1.54, 1.807) is 23.0 Å². The van der Waals surface area contributed by atoms with E-state index in [-0.39, 0.29) is 11.9 Å². The molecule has 1 amide bonds. The Balaban J connectivity index is 2.02. The first-order valence-corrected chi connectivity index (χ1v) is 9.45. The van der Waals surface area contributed by atoms with Crippen molar-refractivity contribution in [3.05, 3.63) is 60.8 Å². The summed E-state index contributed by atoms with van der Waals surface area (Å²) in [4.78, 5) is 29.7. The Bertz CT molecular complexity index is 1040. The summed E-state index contributed by atoms with van der Waals surface area (Å²) in [7, 11) is 0. The van der Waals surface area contributed by atoms with Crippen molar-refractivity contribution in [3.63, 3.8) is 0 Å². The standard InChI is InChI=1S/C22H24N4O3/c1-5-11-23-21(27)15(4)29-22(28)17-12-19(16-9-7-6-8-10-16)25-20-18(17)13-24-26(20)14(2)3/h5-10,12-15H,1,11H2,2-4H3,(H,23,27)/t15-/m0/s1. The highest BCUT2D eigenvalue weighted by Crippen LogP contribution is 2.27. The molecule has 0 saturated heterocycles. The molecule has 1 aromatic carbocycles. The first-order chi connectivity index (χ1) is 13.9. The fourth-order valence-electron chi connectivity index (χ4n) is 2.92. The number of pyridine rings is 1. The minimum absolute atomic E-state index is 0.0681. The predicted octanol–water partition coefficient (Wildman–Crippen LogP) is 3.53. The van der Waals surface area contributed by atoms with Crippen molar-refractivity contribution in [2.45, 2.75) is 32.9 Å². The van der Waals surface area contributed by atoms with Crippen molar-refractivity contribution in [2.24, 2.45) is 0 Å². The number of benzene rings is 1. The van der Waals surface area contributed by atoms with Crippen LogP contribution in [-0.2, 0) is 9.53 Å². The molecule has 2 heterocycles. The Morgan fingerprint density at radius 1 is 1.24 bits per heavy atom. The van der Waals surface area contributed by atoms with Gasteiger partial charge in [-0.1, -0.05) is 36.4 Å². The molecule has 0 fully saturated rings. The minimum atomic E-state index is -0.939. The number of hydrogen-bond acceptors (Lipinski definition) is 5. The van der Waals surface area contributed by atoms with Gasteiger partial charge in [-0.05, 0) is 26.8 Å². The zero-order chi connectivity index (χ0) is 21.0. The van der Waals surface area contributed by atoms with Gasteiger partial charge in [-0.3, -0.25) is 4.79 Å². The lowest BCUT2D eigenvalue weighted by Gasteiger charge is -2.14. The lowest BCUT2D eigenvalue weighted by molar-refractivity contribution is -0.128. The first-order valence-electron chi connectivity index (χ1n) is 9.45. The number of ether oxygens (including phenoxy) is 1. The van der Waals surface area contributed by atoms with E-state index in [0.717, 1.165) is 5.56 Å². The first kappa shape index (κ1) is 20.3. The number of rotatable bonds is 7. The lowest BCUT2D eigenvalue weighted by Crippen LogP contribution is -2.35. The number of esters is 1. The van der Waals surface area contributed by atoms with E-state index in [9.17, 15) is 9.59 Å². The van der Waals surface area contributed by atoms with Gasteiger partial charge in [-0.2, -0.15) is 5.10 Å². The molecule has 29 heavy (non-hydrogen) atoms. The summed E-state index contributed by atoms with van der Waals surface area (Å²) in [5.41, 5.74) is 2.43. The third-order valence-electron chi connectivity index (χ3n) is 4.42. The van der Waals surface area contributed by atoms with E-state index in [2.05, 4.69) is 17.0 Å². The average Bonchev–Trinajstić information content (AvgIpc) is 3.16. The highest BCUT2D eigenvalue weighted by atomic mass is 16.5. The van der Waals surface area contributed by atoms with E-state index in [4.69, 9.17) is 9.72 Å². The Labute approximate surface area is 169 Å². The molecule has 3 rings (SSSR count). The van der Waals surface area contributed by atoms with Crippen molar-refractivity contribution in [2.75, 3.05) is 6.54 Å². The zero-order valence-electron chi connectivity index (χ0n) is 16.8.